The fourth-order valence-electron chi connectivity index (χ4n) is 4.21. The monoisotopic (exact) mass is 487 g/mol. The van der Waals surface area contributed by atoms with Gasteiger partial charge in [-0.05, 0) is 67.3 Å². The van der Waals surface area contributed by atoms with Crippen LogP contribution in [0.25, 0.3) is 0 Å². The van der Waals surface area contributed by atoms with Crippen molar-refractivity contribution in [1.82, 2.24) is 10.2 Å². The van der Waals surface area contributed by atoms with Crippen LogP contribution in [0, 0.1) is 12.7 Å². The number of benzene rings is 3. The molecule has 5 rings (SSSR count). The second-order valence-electron chi connectivity index (χ2n) is 9.23. The van der Waals surface area contributed by atoms with E-state index in [1.54, 1.807) is 48.5 Å². The third-order valence-corrected chi connectivity index (χ3v) is 6.33. The van der Waals surface area contributed by atoms with E-state index in [1.165, 1.54) is 17.0 Å². The maximum absolute atomic E-state index is 13.4. The van der Waals surface area contributed by atoms with Gasteiger partial charge in [-0.3, -0.25) is 14.5 Å². The Morgan fingerprint density at radius 1 is 1.03 bits per heavy atom. The molecule has 1 heterocycles. The van der Waals surface area contributed by atoms with Crippen molar-refractivity contribution in [1.29, 1.82) is 0 Å². The molecule has 1 saturated heterocycles. The van der Waals surface area contributed by atoms with Crippen molar-refractivity contribution < 1.29 is 23.5 Å². The van der Waals surface area contributed by atoms with Crippen molar-refractivity contribution in [3.63, 3.8) is 0 Å². The summed E-state index contributed by atoms with van der Waals surface area (Å²) in [4.78, 5) is 40.2. The molecule has 2 unspecified atom stereocenters. The van der Waals surface area contributed by atoms with Crippen LogP contribution in [0.5, 0.6) is 0 Å². The lowest BCUT2D eigenvalue weighted by atomic mass is 10.00. The van der Waals surface area contributed by atoms with Crippen molar-refractivity contribution >= 4 is 23.6 Å². The van der Waals surface area contributed by atoms with Crippen LogP contribution in [-0.4, -0.2) is 34.9 Å². The van der Waals surface area contributed by atoms with Crippen LogP contribution in [0.3, 0.4) is 0 Å². The number of cyclic esters (lactones) is 1. The molecular formula is C28H26FN3O4. The van der Waals surface area contributed by atoms with Crippen molar-refractivity contribution in [2.45, 2.75) is 44.5 Å². The number of halogens is 1. The summed E-state index contributed by atoms with van der Waals surface area (Å²) < 4.78 is 19.1. The lowest BCUT2D eigenvalue weighted by Crippen LogP contribution is -2.46. The Labute approximate surface area is 208 Å². The summed E-state index contributed by atoms with van der Waals surface area (Å²) in [7, 11) is 0. The summed E-state index contributed by atoms with van der Waals surface area (Å²) in [6.45, 7) is 2.05. The van der Waals surface area contributed by atoms with Crippen LogP contribution in [0.4, 0.5) is 14.9 Å². The van der Waals surface area contributed by atoms with Crippen LogP contribution in [0.2, 0.25) is 0 Å². The highest BCUT2D eigenvalue weighted by atomic mass is 19.1. The topological polar surface area (TPSA) is 87.7 Å². The quantitative estimate of drug-likeness (QED) is 0.505. The molecule has 2 aliphatic rings. The summed E-state index contributed by atoms with van der Waals surface area (Å²) >= 11 is 0. The number of aryl methyl sites for hydroxylation is 1. The van der Waals surface area contributed by atoms with E-state index in [-0.39, 0.29) is 30.2 Å². The second-order valence-corrected chi connectivity index (χ2v) is 9.23. The van der Waals surface area contributed by atoms with E-state index in [0.29, 0.717) is 22.4 Å². The number of hydrogen-bond acceptors (Lipinski definition) is 4. The van der Waals surface area contributed by atoms with Crippen molar-refractivity contribution in [3.05, 3.63) is 101 Å². The minimum absolute atomic E-state index is 0.0988. The zero-order valence-corrected chi connectivity index (χ0v) is 19.7. The van der Waals surface area contributed by atoms with Gasteiger partial charge in [0.05, 0.1) is 6.54 Å². The summed E-state index contributed by atoms with van der Waals surface area (Å²) in [5, 5.41) is 5.84. The first-order valence-electron chi connectivity index (χ1n) is 11.9. The largest absolute Gasteiger partial charge is 0.438 e. The van der Waals surface area contributed by atoms with E-state index in [1.807, 2.05) is 19.1 Å². The highest BCUT2D eigenvalue weighted by Gasteiger charge is 2.48. The molecule has 3 aromatic carbocycles. The van der Waals surface area contributed by atoms with E-state index in [4.69, 9.17) is 4.74 Å². The van der Waals surface area contributed by atoms with Crippen molar-refractivity contribution in [2.75, 3.05) is 5.32 Å². The minimum Gasteiger partial charge on any atom is -0.438 e. The van der Waals surface area contributed by atoms with Gasteiger partial charge in [-0.2, -0.15) is 0 Å². The number of nitrogens with zero attached hydrogens (tertiary/aromatic N) is 1. The molecule has 8 heteroatoms. The molecule has 1 saturated carbocycles. The smallest absolute Gasteiger partial charge is 0.411 e. The van der Waals surface area contributed by atoms with Crippen molar-refractivity contribution in [2.24, 2.45) is 0 Å². The molecule has 2 N–H and O–H groups in total. The fourth-order valence-corrected chi connectivity index (χ4v) is 4.21. The maximum Gasteiger partial charge on any atom is 0.411 e. The zero-order valence-electron chi connectivity index (χ0n) is 19.7. The molecular weight excluding hydrogens is 461 g/mol. The molecule has 3 aromatic rings. The Morgan fingerprint density at radius 3 is 2.44 bits per heavy atom. The predicted molar refractivity (Wildman–Crippen MR) is 132 cm³/mol. The Kier molecular flexibility index (Phi) is 6.41. The molecule has 1 aliphatic heterocycles. The number of carbonyl (C=O) groups excluding carboxylic acids is 3. The van der Waals surface area contributed by atoms with E-state index < -0.39 is 18.2 Å². The summed E-state index contributed by atoms with van der Waals surface area (Å²) in [6, 6.07) is 19.1. The molecule has 2 fully saturated rings. The Bertz CT molecular complexity index is 1290. The highest BCUT2D eigenvalue weighted by Crippen LogP contribution is 2.35. The average Bonchev–Trinajstić information content (AvgIpc) is 3.62. The Balaban J connectivity index is 1.39. The van der Waals surface area contributed by atoms with Gasteiger partial charge in [0.1, 0.15) is 5.82 Å². The molecule has 0 radical (unpaired) electrons. The lowest BCUT2D eigenvalue weighted by Gasteiger charge is -2.24. The van der Waals surface area contributed by atoms with Crippen molar-refractivity contribution in [3.8, 4) is 0 Å². The zero-order chi connectivity index (χ0) is 25.2. The molecule has 0 aromatic heterocycles. The molecule has 3 amide bonds. The first-order valence-corrected chi connectivity index (χ1v) is 11.9. The highest BCUT2D eigenvalue weighted by molar-refractivity contribution is 6.04. The van der Waals surface area contributed by atoms with E-state index in [2.05, 4.69) is 10.6 Å². The molecule has 0 bridgehead atoms. The van der Waals surface area contributed by atoms with E-state index in [9.17, 15) is 18.8 Å². The number of nitrogens with one attached hydrogen (secondary N) is 2. The number of amides is 3. The van der Waals surface area contributed by atoms with Gasteiger partial charge in [-0.25, -0.2) is 9.18 Å². The normalized spacial score (nSPS) is 19.1. The van der Waals surface area contributed by atoms with Gasteiger partial charge in [0.2, 0.25) is 5.91 Å². The van der Waals surface area contributed by atoms with Crippen LogP contribution >= 0.6 is 0 Å². The average molecular weight is 488 g/mol. The van der Waals surface area contributed by atoms with E-state index >= 15 is 0 Å². The Hall–Kier alpha value is -4.20. The Morgan fingerprint density at radius 2 is 1.75 bits per heavy atom. The van der Waals surface area contributed by atoms with Crippen LogP contribution in [0.1, 0.15) is 46.0 Å². The molecule has 7 nitrogen and oxygen atoms in total. The molecule has 184 valence electrons. The van der Waals surface area contributed by atoms with Crippen LogP contribution < -0.4 is 10.6 Å². The maximum atomic E-state index is 13.4. The van der Waals surface area contributed by atoms with Gasteiger partial charge >= 0.3 is 6.09 Å². The van der Waals surface area contributed by atoms with Gasteiger partial charge in [-0.15, -0.1) is 0 Å². The van der Waals surface area contributed by atoms with Crippen LogP contribution in [0.15, 0.2) is 72.8 Å². The molecule has 2 atom stereocenters. The first-order chi connectivity index (χ1) is 17.4. The first kappa shape index (κ1) is 23.5. The second kappa shape index (κ2) is 9.81. The number of carbonyl (C=O) groups is 3. The number of anilines is 1. The van der Waals surface area contributed by atoms with Gasteiger partial charge in [0.15, 0.2) is 12.1 Å². The molecule has 0 spiro atoms. The fraction of sp³-hybridized carbons (Fsp3) is 0.250. The SMILES string of the molecule is Cc1ccc(C(=O)Nc2cccc(C3OC(=O)N(Cc4ccc(F)cc4)C3C(=O)NC3CC3)c2)cc1. The minimum atomic E-state index is -0.911. The van der Waals surface area contributed by atoms with Gasteiger partial charge in [-0.1, -0.05) is 42.0 Å². The predicted octanol–water partition coefficient (Wildman–Crippen LogP) is 4.73. The number of ether oxygens (including phenoxy) is 1. The number of hydrogen-bond donors (Lipinski definition) is 2. The van der Waals surface area contributed by atoms with E-state index in [0.717, 1.165) is 18.4 Å². The van der Waals surface area contributed by atoms with Gasteiger partial charge in [0.25, 0.3) is 5.91 Å². The molecule has 36 heavy (non-hydrogen) atoms. The lowest BCUT2D eigenvalue weighted by molar-refractivity contribution is -0.126. The summed E-state index contributed by atoms with van der Waals surface area (Å²) in [6.07, 6.45) is 0.301. The third-order valence-electron chi connectivity index (χ3n) is 6.33. The summed E-state index contributed by atoms with van der Waals surface area (Å²) in [5.41, 5.74) is 3.36. The van der Waals surface area contributed by atoms with Crippen LogP contribution in [-0.2, 0) is 16.1 Å². The van der Waals surface area contributed by atoms with Gasteiger partial charge in [0, 0.05) is 17.3 Å². The van der Waals surface area contributed by atoms with Gasteiger partial charge < -0.3 is 15.4 Å². The summed E-state index contributed by atoms with van der Waals surface area (Å²) in [5.74, 6) is -0.950. The third kappa shape index (κ3) is 5.22. The molecule has 1 aliphatic carbocycles. The standard InChI is InChI=1S/C28H26FN3O4/c1-17-5-9-19(10-6-17)26(33)31-23-4-2-3-20(15-23)25-24(27(34)30-22-13-14-22)32(28(35)36-25)16-18-7-11-21(29)12-8-18/h2-12,15,22,24-25H,13-14,16H2,1H3,(H,30,34)(H,31,33). The number of rotatable bonds is 7.